The van der Waals surface area contributed by atoms with E-state index in [0.29, 0.717) is 6.42 Å². The maximum Gasteiger partial charge on any atom is 0.133 e. The van der Waals surface area contributed by atoms with E-state index in [1.165, 1.54) is 13.0 Å². The summed E-state index contributed by atoms with van der Waals surface area (Å²) in [6.07, 6.45) is 3.83. The molecule has 68 valence electrons. The zero-order valence-electron chi connectivity index (χ0n) is 7.16. The molecule has 2 N–H and O–H groups in total. The molecule has 0 aliphatic heterocycles. The Kier molecular flexibility index (Phi) is 2.65. The fraction of sp³-hybridized carbons (Fsp3) is 0.667. The van der Waals surface area contributed by atoms with Gasteiger partial charge < -0.3 is 10.2 Å². The van der Waals surface area contributed by atoms with Crippen LogP contribution < -0.4 is 0 Å². The molecule has 0 heterocycles. The lowest BCUT2D eigenvalue weighted by Crippen LogP contribution is -2.43. The first-order valence-electron chi connectivity index (χ1n) is 4.12. The summed E-state index contributed by atoms with van der Waals surface area (Å²) < 4.78 is 0. The van der Waals surface area contributed by atoms with E-state index in [1.807, 2.05) is 0 Å². The normalized spacial score (nSPS) is 35.1. The van der Waals surface area contributed by atoms with E-state index in [0.717, 1.165) is 6.42 Å². The molecule has 2 atom stereocenters. The third-order valence-corrected chi connectivity index (χ3v) is 2.12. The van der Waals surface area contributed by atoms with Crippen LogP contribution in [-0.4, -0.2) is 27.7 Å². The number of rotatable bonds is 2. The number of Topliss-reactive ketones (excluding diaryl/α,β-unsaturated/α-hetero) is 1. The highest BCUT2D eigenvalue weighted by atomic mass is 16.3. The highest BCUT2D eigenvalue weighted by Crippen LogP contribution is 2.25. The molecule has 0 aromatic heterocycles. The number of carbonyl (C=O) groups excluding carboxylic acids is 1. The number of ketones is 1. The minimum atomic E-state index is -1.32. The summed E-state index contributed by atoms with van der Waals surface area (Å²) >= 11 is 0. The minimum Gasteiger partial charge on any atom is -0.390 e. The Morgan fingerprint density at radius 2 is 2.42 bits per heavy atom. The number of hydrogen-bond acceptors (Lipinski definition) is 3. The Balaban J connectivity index is 2.72. The summed E-state index contributed by atoms with van der Waals surface area (Å²) in [4.78, 5) is 10.8. The third-order valence-electron chi connectivity index (χ3n) is 2.12. The van der Waals surface area contributed by atoms with E-state index in [2.05, 4.69) is 0 Å². The quantitative estimate of drug-likeness (QED) is 0.590. The number of aliphatic hydroxyl groups is 2. The molecule has 1 aliphatic carbocycles. The second-order valence-electron chi connectivity index (χ2n) is 3.37. The van der Waals surface area contributed by atoms with Crippen LogP contribution in [0.5, 0.6) is 0 Å². The minimum absolute atomic E-state index is 0.00463. The highest BCUT2D eigenvalue weighted by molar-refractivity contribution is 5.77. The monoisotopic (exact) mass is 170 g/mol. The van der Waals surface area contributed by atoms with E-state index < -0.39 is 11.7 Å². The summed E-state index contributed by atoms with van der Waals surface area (Å²) in [7, 11) is 0. The Hall–Kier alpha value is -0.670. The topological polar surface area (TPSA) is 57.5 Å². The van der Waals surface area contributed by atoms with Crippen molar-refractivity contribution < 1.29 is 15.0 Å². The Morgan fingerprint density at radius 1 is 1.75 bits per heavy atom. The molecular weight excluding hydrogens is 156 g/mol. The van der Waals surface area contributed by atoms with Crippen LogP contribution in [0.4, 0.5) is 0 Å². The molecule has 3 nitrogen and oxygen atoms in total. The van der Waals surface area contributed by atoms with Gasteiger partial charge in [-0.3, -0.25) is 4.79 Å². The molecule has 0 fully saturated rings. The van der Waals surface area contributed by atoms with Crippen LogP contribution in [-0.2, 0) is 4.79 Å². The van der Waals surface area contributed by atoms with Crippen LogP contribution in [0.25, 0.3) is 0 Å². The second kappa shape index (κ2) is 3.37. The summed E-state index contributed by atoms with van der Waals surface area (Å²) in [5, 5.41) is 19.2. The van der Waals surface area contributed by atoms with Crippen molar-refractivity contribution in [3.63, 3.8) is 0 Å². The first-order valence-corrected chi connectivity index (χ1v) is 4.12. The van der Waals surface area contributed by atoms with Gasteiger partial charge >= 0.3 is 0 Å². The van der Waals surface area contributed by atoms with Crippen LogP contribution in [0.15, 0.2) is 12.2 Å². The van der Waals surface area contributed by atoms with Gasteiger partial charge in [-0.05, 0) is 19.8 Å². The van der Waals surface area contributed by atoms with Gasteiger partial charge in [0.05, 0.1) is 6.10 Å². The van der Waals surface area contributed by atoms with Crippen LogP contribution in [0.1, 0.15) is 26.2 Å². The largest absolute Gasteiger partial charge is 0.390 e. The number of hydrogen-bond donors (Lipinski definition) is 2. The molecule has 12 heavy (non-hydrogen) atoms. The fourth-order valence-electron chi connectivity index (χ4n) is 1.48. The van der Waals surface area contributed by atoms with E-state index >= 15 is 0 Å². The summed E-state index contributed by atoms with van der Waals surface area (Å²) in [6.45, 7) is 1.41. The number of aliphatic hydroxyl groups excluding tert-OH is 1. The molecular formula is C9H14O3. The van der Waals surface area contributed by atoms with E-state index in [1.54, 1.807) is 6.08 Å². The molecule has 0 spiro atoms. The van der Waals surface area contributed by atoms with E-state index in [4.69, 9.17) is 0 Å². The average Bonchev–Trinajstić information content (AvgIpc) is 1.94. The molecule has 0 saturated heterocycles. The number of carbonyl (C=O) groups is 1. The highest BCUT2D eigenvalue weighted by Gasteiger charge is 2.35. The SMILES string of the molecule is CC(=O)CC1(O)C=CCCC1O. The van der Waals surface area contributed by atoms with Crippen LogP contribution in [0.2, 0.25) is 0 Å². The van der Waals surface area contributed by atoms with Crippen molar-refractivity contribution in [3.05, 3.63) is 12.2 Å². The van der Waals surface area contributed by atoms with Gasteiger partial charge in [-0.2, -0.15) is 0 Å². The van der Waals surface area contributed by atoms with Crippen molar-refractivity contribution in [1.82, 2.24) is 0 Å². The smallest absolute Gasteiger partial charge is 0.133 e. The molecule has 0 amide bonds. The Morgan fingerprint density at radius 3 is 2.92 bits per heavy atom. The van der Waals surface area contributed by atoms with E-state index in [9.17, 15) is 15.0 Å². The van der Waals surface area contributed by atoms with Gasteiger partial charge in [0.15, 0.2) is 0 Å². The van der Waals surface area contributed by atoms with Gasteiger partial charge in [-0.15, -0.1) is 0 Å². The summed E-state index contributed by atoms with van der Waals surface area (Å²) in [5.41, 5.74) is -1.32. The van der Waals surface area contributed by atoms with Crippen molar-refractivity contribution in [1.29, 1.82) is 0 Å². The Bertz CT molecular complexity index is 210. The second-order valence-corrected chi connectivity index (χ2v) is 3.37. The van der Waals surface area contributed by atoms with Gasteiger partial charge in [-0.1, -0.05) is 12.2 Å². The molecule has 0 bridgehead atoms. The van der Waals surface area contributed by atoms with Crippen molar-refractivity contribution >= 4 is 5.78 Å². The van der Waals surface area contributed by atoms with Crippen molar-refractivity contribution in [2.24, 2.45) is 0 Å². The average molecular weight is 170 g/mol. The lowest BCUT2D eigenvalue weighted by Gasteiger charge is -2.31. The number of allylic oxidation sites excluding steroid dienone is 1. The maximum absolute atomic E-state index is 10.8. The van der Waals surface area contributed by atoms with Crippen LogP contribution in [0.3, 0.4) is 0 Å². The van der Waals surface area contributed by atoms with E-state index in [-0.39, 0.29) is 12.2 Å². The lowest BCUT2D eigenvalue weighted by molar-refractivity contribution is -0.125. The molecule has 0 radical (unpaired) electrons. The summed E-state index contributed by atoms with van der Waals surface area (Å²) in [6, 6.07) is 0. The van der Waals surface area contributed by atoms with Gasteiger partial charge in [0.1, 0.15) is 11.4 Å². The molecule has 0 saturated carbocycles. The van der Waals surface area contributed by atoms with Gasteiger partial charge in [0.25, 0.3) is 0 Å². The molecule has 0 aromatic rings. The van der Waals surface area contributed by atoms with Gasteiger partial charge in [-0.25, -0.2) is 0 Å². The summed E-state index contributed by atoms with van der Waals surface area (Å²) in [5.74, 6) is -0.108. The molecule has 2 unspecified atom stereocenters. The third kappa shape index (κ3) is 1.93. The molecule has 1 aliphatic rings. The first-order chi connectivity index (χ1) is 5.54. The van der Waals surface area contributed by atoms with Crippen molar-refractivity contribution in [2.45, 2.75) is 37.9 Å². The van der Waals surface area contributed by atoms with Crippen molar-refractivity contribution in [3.8, 4) is 0 Å². The molecule has 3 heteroatoms. The zero-order valence-corrected chi connectivity index (χ0v) is 7.16. The fourth-order valence-corrected chi connectivity index (χ4v) is 1.48. The van der Waals surface area contributed by atoms with Crippen molar-refractivity contribution in [2.75, 3.05) is 0 Å². The standard InChI is InChI=1S/C9H14O3/c1-7(10)6-9(12)5-3-2-4-8(9)11/h3,5,8,11-12H,2,4,6H2,1H3. The zero-order chi connectivity index (χ0) is 9.19. The lowest BCUT2D eigenvalue weighted by atomic mass is 9.84. The molecule has 0 aromatic carbocycles. The maximum atomic E-state index is 10.8. The van der Waals surface area contributed by atoms with Crippen LogP contribution >= 0.6 is 0 Å². The van der Waals surface area contributed by atoms with Gasteiger partial charge in [0.2, 0.25) is 0 Å². The first kappa shape index (κ1) is 9.42. The predicted molar refractivity (Wildman–Crippen MR) is 44.6 cm³/mol. The predicted octanol–water partition coefficient (Wildman–Crippen LogP) is 0.408. The Labute approximate surface area is 71.7 Å². The van der Waals surface area contributed by atoms with Gasteiger partial charge in [0, 0.05) is 6.42 Å². The van der Waals surface area contributed by atoms with Crippen LogP contribution in [0, 0.1) is 0 Å². The molecule has 1 rings (SSSR count).